The second kappa shape index (κ2) is 9.58. The summed E-state index contributed by atoms with van der Waals surface area (Å²) in [5, 5.41) is 2.70. The van der Waals surface area contributed by atoms with Gasteiger partial charge in [-0.25, -0.2) is 4.79 Å². The Balaban J connectivity index is 2.20. The van der Waals surface area contributed by atoms with Crippen molar-refractivity contribution >= 4 is 11.9 Å². The van der Waals surface area contributed by atoms with Gasteiger partial charge in [0.15, 0.2) is 6.61 Å². The van der Waals surface area contributed by atoms with Crippen molar-refractivity contribution in [3.63, 3.8) is 0 Å². The molecule has 0 saturated carbocycles. The molecule has 0 heterocycles. The average Bonchev–Trinajstić information content (AvgIpc) is 2.51. The molecule has 0 atom stereocenters. The number of amides is 1. The van der Waals surface area contributed by atoms with E-state index in [1.807, 2.05) is 31.2 Å². The van der Waals surface area contributed by atoms with Gasteiger partial charge in [-0.15, -0.1) is 0 Å². The lowest BCUT2D eigenvalue weighted by molar-refractivity contribution is -0.143. The van der Waals surface area contributed by atoms with Crippen molar-refractivity contribution in [3.05, 3.63) is 42.0 Å². The molecule has 0 aliphatic carbocycles. The molecule has 21 heavy (non-hydrogen) atoms. The second-order valence-corrected chi connectivity index (χ2v) is 4.37. The van der Waals surface area contributed by atoms with Gasteiger partial charge in [0.2, 0.25) is 0 Å². The third-order valence-electron chi connectivity index (χ3n) is 2.73. The zero-order valence-electron chi connectivity index (χ0n) is 12.4. The molecule has 0 saturated heterocycles. The average molecular weight is 291 g/mol. The summed E-state index contributed by atoms with van der Waals surface area (Å²) in [4.78, 5) is 22.6. The Labute approximate surface area is 124 Å². The van der Waals surface area contributed by atoms with Crippen molar-refractivity contribution in [1.29, 1.82) is 0 Å². The van der Waals surface area contributed by atoms with Crippen LogP contribution in [0, 0.1) is 0 Å². The number of allylic oxidation sites excluding steroid dienone is 1. The Kier molecular flexibility index (Phi) is 7.64. The van der Waals surface area contributed by atoms with E-state index in [9.17, 15) is 9.59 Å². The van der Waals surface area contributed by atoms with Crippen molar-refractivity contribution in [2.75, 3.05) is 20.3 Å². The first-order chi connectivity index (χ1) is 10.2. The van der Waals surface area contributed by atoms with Crippen molar-refractivity contribution in [2.45, 2.75) is 19.8 Å². The highest BCUT2D eigenvalue weighted by Crippen LogP contribution is 2.11. The lowest BCUT2D eigenvalue weighted by Crippen LogP contribution is -2.30. The normalized spacial score (nSPS) is 10.4. The monoisotopic (exact) mass is 291 g/mol. The topological polar surface area (TPSA) is 64.6 Å². The number of esters is 1. The van der Waals surface area contributed by atoms with Gasteiger partial charge in [0, 0.05) is 12.6 Å². The highest BCUT2D eigenvalue weighted by molar-refractivity contribution is 5.85. The van der Waals surface area contributed by atoms with E-state index < -0.39 is 5.97 Å². The minimum Gasteiger partial charge on any atom is -0.497 e. The van der Waals surface area contributed by atoms with Gasteiger partial charge >= 0.3 is 5.97 Å². The van der Waals surface area contributed by atoms with Crippen molar-refractivity contribution in [1.82, 2.24) is 5.32 Å². The Morgan fingerprint density at radius 2 is 1.95 bits per heavy atom. The van der Waals surface area contributed by atoms with Gasteiger partial charge in [-0.2, -0.15) is 0 Å². The standard InChI is InChI=1S/C16H21NO4/c1-3-4-5-16(19)21-12-15(18)17-11-10-13-6-8-14(20-2)9-7-13/h4-9H,3,10-12H2,1-2H3,(H,17,18)/b5-4+. The molecule has 5 heteroatoms. The SMILES string of the molecule is CC/C=C/C(=O)OCC(=O)NCCc1ccc(OC)cc1. The van der Waals surface area contributed by atoms with Gasteiger partial charge in [0.1, 0.15) is 5.75 Å². The number of nitrogens with one attached hydrogen (secondary N) is 1. The maximum Gasteiger partial charge on any atom is 0.330 e. The number of hydrogen-bond acceptors (Lipinski definition) is 4. The zero-order chi connectivity index (χ0) is 15.5. The van der Waals surface area contributed by atoms with Crippen LogP contribution in [0.3, 0.4) is 0 Å². The van der Waals surface area contributed by atoms with Crippen LogP contribution in [0.1, 0.15) is 18.9 Å². The van der Waals surface area contributed by atoms with E-state index in [2.05, 4.69) is 5.32 Å². The lowest BCUT2D eigenvalue weighted by atomic mass is 10.1. The number of rotatable bonds is 8. The van der Waals surface area contributed by atoms with Crippen LogP contribution >= 0.6 is 0 Å². The Hall–Kier alpha value is -2.30. The number of carbonyl (C=O) groups is 2. The molecule has 1 N–H and O–H groups in total. The number of methoxy groups -OCH3 is 1. The van der Waals surface area contributed by atoms with E-state index in [-0.39, 0.29) is 12.5 Å². The fourth-order valence-electron chi connectivity index (χ4n) is 1.59. The van der Waals surface area contributed by atoms with Crippen LogP contribution in [-0.2, 0) is 20.7 Å². The van der Waals surface area contributed by atoms with Gasteiger partial charge in [-0.05, 0) is 30.5 Å². The van der Waals surface area contributed by atoms with E-state index in [0.717, 1.165) is 17.7 Å². The first kappa shape index (κ1) is 16.8. The first-order valence-corrected chi connectivity index (χ1v) is 6.88. The molecule has 0 fully saturated rings. The molecule has 0 unspecified atom stereocenters. The third kappa shape index (κ3) is 7.15. The van der Waals surface area contributed by atoms with E-state index in [4.69, 9.17) is 9.47 Å². The number of benzene rings is 1. The van der Waals surface area contributed by atoms with Crippen LogP contribution in [0.15, 0.2) is 36.4 Å². The molecule has 0 bridgehead atoms. The fraction of sp³-hybridized carbons (Fsp3) is 0.375. The Morgan fingerprint density at radius 1 is 1.24 bits per heavy atom. The molecule has 0 aliphatic rings. The van der Waals surface area contributed by atoms with Gasteiger partial charge < -0.3 is 14.8 Å². The maximum atomic E-state index is 11.5. The molecule has 0 spiro atoms. The summed E-state index contributed by atoms with van der Waals surface area (Å²) in [7, 11) is 1.62. The van der Waals surface area contributed by atoms with Crippen molar-refractivity contribution in [3.8, 4) is 5.75 Å². The minimum absolute atomic E-state index is 0.254. The van der Waals surface area contributed by atoms with Crippen molar-refractivity contribution < 1.29 is 19.1 Å². The van der Waals surface area contributed by atoms with E-state index in [1.54, 1.807) is 13.2 Å². The van der Waals surface area contributed by atoms with Gasteiger partial charge in [0.05, 0.1) is 7.11 Å². The van der Waals surface area contributed by atoms with Crippen LogP contribution in [0.5, 0.6) is 5.75 Å². The van der Waals surface area contributed by atoms with Crippen LogP contribution in [0.2, 0.25) is 0 Å². The first-order valence-electron chi connectivity index (χ1n) is 6.88. The Bertz CT molecular complexity index is 480. The molecule has 1 amide bonds. The molecule has 114 valence electrons. The van der Waals surface area contributed by atoms with Crippen LogP contribution in [-0.4, -0.2) is 32.1 Å². The van der Waals surface area contributed by atoms with Gasteiger partial charge in [-0.3, -0.25) is 4.79 Å². The number of ether oxygens (including phenoxy) is 2. The Morgan fingerprint density at radius 3 is 2.57 bits per heavy atom. The molecule has 1 aromatic rings. The summed E-state index contributed by atoms with van der Waals surface area (Å²) in [5.74, 6) is -0.00116. The molecule has 0 aliphatic heterocycles. The molecule has 0 aromatic heterocycles. The smallest absolute Gasteiger partial charge is 0.330 e. The molecular formula is C16H21NO4. The number of hydrogen-bond donors (Lipinski definition) is 1. The molecular weight excluding hydrogens is 270 g/mol. The summed E-state index contributed by atoms with van der Waals surface area (Å²) in [6.07, 6.45) is 4.47. The zero-order valence-corrected chi connectivity index (χ0v) is 12.4. The molecule has 0 radical (unpaired) electrons. The predicted octanol–water partition coefficient (Wildman–Crippen LogP) is 1.86. The fourth-order valence-corrected chi connectivity index (χ4v) is 1.59. The van der Waals surface area contributed by atoms with Crippen molar-refractivity contribution in [2.24, 2.45) is 0 Å². The lowest BCUT2D eigenvalue weighted by Gasteiger charge is -2.06. The van der Waals surface area contributed by atoms with Crippen LogP contribution in [0.25, 0.3) is 0 Å². The summed E-state index contributed by atoms with van der Waals surface area (Å²) < 4.78 is 9.86. The largest absolute Gasteiger partial charge is 0.497 e. The predicted molar refractivity (Wildman–Crippen MR) is 80.1 cm³/mol. The van der Waals surface area contributed by atoms with E-state index >= 15 is 0 Å². The van der Waals surface area contributed by atoms with Gasteiger partial charge in [0.25, 0.3) is 5.91 Å². The molecule has 1 rings (SSSR count). The van der Waals surface area contributed by atoms with E-state index in [0.29, 0.717) is 13.0 Å². The summed E-state index contributed by atoms with van der Waals surface area (Å²) in [6, 6.07) is 7.64. The van der Waals surface area contributed by atoms with E-state index in [1.165, 1.54) is 6.08 Å². The quantitative estimate of drug-likeness (QED) is 0.586. The van der Waals surface area contributed by atoms with Gasteiger partial charge in [-0.1, -0.05) is 25.1 Å². The molecule has 5 nitrogen and oxygen atoms in total. The van der Waals surface area contributed by atoms with Crippen LogP contribution in [0.4, 0.5) is 0 Å². The summed E-state index contributed by atoms with van der Waals surface area (Å²) in [5.41, 5.74) is 1.10. The van der Waals surface area contributed by atoms with Crippen LogP contribution < -0.4 is 10.1 Å². The minimum atomic E-state index is -0.498. The summed E-state index contributed by atoms with van der Waals surface area (Å²) in [6.45, 7) is 2.15. The molecule has 1 aromatic carbocycles. The maximum absolute atomic E-state index is 11.5. The highest BCUT2D eigenvalue weighted by atomic mass is 16.5. The summed E-state index contributed by atoms with van der Waals surface area (Å²) >= 11 is 0. The highest BCUT2D eigenvalue weighted by Gasteiger charge is 2.04. The second-order valence-electron chi connectivity index (χ2n) is 4.37. The number of carbonyl (C=O) groups excluding carboxylic acids is 2. The third-order valence-corrected chi connectivity index (χ3v) is 2.73.